The van der Waals surface area contributed by atoms with Crippen molar-refractivity contribution in [2.75, 3.05) is 0 Å². The average Bonchev–Trinajstić information content (AvgIpc) is 2.25. The molecule has 1 atom stereocenters. The van der Waals surface area contributed by atoms with E-state index in [-0.39, 0.29) is 10.0 Å². The van der Waals surface area contributed by atoms with Crippen LogP contribution in [0.1, 0.15) is 31.4 Å². The Balaban J connectivity index is 3.05. The Morgan fingerprint density at radius 2 is 1.88 bits per heavy atom. The van der Waals surface area contributed by atoms with Crippen molar-refractivity contribution in [3.05, 3.63) is 32.8 Å². The first-order valence-electron chi connectivity index (χ1n) is 5.12. The van der Waals surface area contributed by atoms with Gasteiger partial charge in [0, 0.05) is 0 Å². The van der Waals surface area contributed by atoms with Crippen LogP contribution in [0, 0.1) is 0 Å². The Morgan fingerprint density at radius 1 is 1.24 bits per heavy atom. The summed E-state index contributed by atoms with van der Waals surface area (Å²) < 4.78 is 4.98. The molecule has 0 amide bonds. The molecule has 1 aromatic carbocycles. The van der Waals surface area contributed by atoms with Gasteiger partial charge < -0.3 is 14.7 Å². The van der Waals surface area contributed by atoms with Crippen molar-refractivity contribution in [2.24, 2.45) is 0 Å². The van der Waals surface area contributed by atoms with E-state index in [4.69, 9.17) is 49.5 Å². The summed E-state index contributed by atoms with van der Waals surface area (Å²) in [5.74, 6) is 0. The lowest BCUT2D eigenvalue weighted by atomic mass is 10.0. The maximum absolute atomic E-state index is 8.86. The molecule has 0 aliphatic rings. The van der Waals surface area contributed by atoms with Gasteiger partial charge >= 0.3 is 7.32 Å². The van der Waals surface area contributed by atoms with Crippen LogP contribution in [0.5, 0.6) is 0 Å². The van der Waals surface area contributed by atoms with Crippen LogP contribution < -0.4 is 0 Å². The molecule has 0 radical (unpaired) electrons. The fourth-order valence-corrected chi connectivity index (χ4v) is 2.16. The van der Waals surface area contributed by atoms with Gasteiger partial charge in [-0.1, -0.05) is 54.2 Å². The minimum absolute atomic E-state index is 0.239. The second-order valence-corrected chi connectivity index (χ2v) is 4.67. The lowest BCUT2D eigenvalue weighted by Crippen LogP contribution is -2.21. The second kappa shape index (κ2) is 6.83. The molecule has 0 bridgehead atoms. The zero-order chi connectivity index (χ0) is 13.0. The van der Waals surface area contributed by atoms with Crippen LogP contribution in [-0.2, 0) is 4.65 Å². The fourth-order valence-electron chi connectivity index (χ4n) is 1.50. The number of rotatable bonds is 5. The molecule has 1 aromatic rings. The van der Waals surface area contributed by atoms with Crippen LogP contribution >= 0.6 is 34.8 Å². The maximum Gasteiger partial charge on any atom is 0.634 e. The molecule has 0 heterocycles. The van der Waals surface area contributed by atoms with Gasteiger partial charge in [-0.15, -0.1) is 0 Å². The second-order valence-electron chi connectivity index (χ2n) is 3.50. The van der Waals surface area contributed by atoms with Crippen LogP contribution in [-0.4, -0.2) is 17.4 Å². The van der Waals surface area contributed by atoms with E-state index < -0.39 is 13.4 Å². The first-order valence-corrected chi connectivity index (χ1v) is 6.25. The molecule has 0 fully saturated rings. The first kappa shape index (κ1) is 15.1. The van der Waals surface area contributed by atoms with Crippen molar-refractivity contribution in [1.29, 1.82) is 0 Å². The number of benzene rings is 1. The molecule has 0 aliphatic carbocycles. The van der Waals surface area contributed by atoms with Crippen LogP contribution in [0.2, 0.25) is 15.1 Å². The third-order valence-electron chi connectivity index (χ3n) is 2.25. The largest absolute Gasteiger partial charge is 0.634 e. The van der Waals surface area contributed by atoms with Gasteiger partial charge in [-0.25, -0.2) is 0 Å². The number of hydrogen-bond donors (Lipinski definition) is 2. The van der Waals surface area contributed by atoms with E-state index in [0.29, 0.717) is 17.0 Å². The Labute approximate surface area is 115 Å². The van der Waals surface area contributed by atoms with E-state index in [9.17, 15) is 0 Å². The highest BCUT2D eigenvalue weighted by molar-refractivity contribution is 6.48. The number of hydrogen-bond acceptors (Lipinski definition) is 3. The zero-order valence-corrected chi connectivity index (χ0v) is 11.4. The number of halogens is 3. The molecule has 17 heavy (non-hydrogen) atoms. The molecule has 0 aliphatic heterocycles. The van der Waals surface area contributed by atoms with Crippen molar-refractivity contribution in [3.63, 3.8) is 0 Å². The van der Waals surface area contributed by atoms with Gasteiger partial charge in [-0.2, -0.15) is 0 Å². The van der Waals surface area contributed by atoms with E-state index in [1.807, 2.05) is 6.92 Å². The van der Waals surface area contributed by atoms with Crippen LogP contribution in [0.4, 0.5) is 0 Å². The molecule has 2 N–H and O–H groups in total. The summed E-state index contributed by atoms with van der Waals surface area (Å²) in [5, 5.41) is 18.6. The highest BCUT2D eigenvalue weighted by Crippen LogP contribution is 2.37. The molecule has 1 rings (SSSR count). The van der Waals surface area contributed by atoms with Gasteiger partial charge in [0.05, 0.1) is 21.2 Å². The monoisotopic (exact) mass is 296 g/mol. The molecule has 0 saturated carbocycles. The van der Waals surface area contributed by atoms with Gasteiger partial charge in [-0.3, -0.25) is 0 Å². The van der Waals surface area contributed by atoms with Gasteiger partial charge in [0.15, 0.2) is 0 Å². The zero-order valence-electron chi connectivity index (χ0n) is 9.16. The Hall–Kier alpha value is 0.0349. The lowest BCUT2D eigenvalue weighted by Gasteiger charge is -2.19. The third-order valence-corrected chi connectivity index (χ3v) is 3.56. The van der Waals surface area contributed by atoms with E-state index in [0.717, 1.165) is 6.42 Å². The van der Waals surface area contributed by atoms with Crippen LogP contribution in [0.15, 0.2) is 12.1 Å². The average molecular weight is 297 g/mol. The first-order chi connectivity index (χ1) is 7.97. The van der Waals surface area contributed by atoms with Crippen molar-refractivity contribution in [1.82, 2.24) is 0 Å². The molecule has 0 aromatic heterocycles. The molecule has 3 nitrogen and oxygen atoms in total. The summed E-state index contributed by atoms with van der Waals surface area (Å²) in [6, 6.07) is 3.26. The van der Waals surface area contributed by atoms with Crippen molar-refractivity contribution < 1.29 is 14.7 Å². The van der Waals surface area contributed by atoms with Crippen molar-refractivity contribution >= 4 is 42.1 Å². The maximum atomic E-state index is 8.86. The van der Waals surface area contributed by atoms with Gasteiger partial charge in [-0.05, 0) is 18.1 Å². The predicted octanol–water partition coefficient (Wildman–Crippen LogP) is 3.47. The molecule has 0 spiro atoms. The van der Waals surface area contributed by atoms with Crippen molar-refractivity contribution in [2.45, 2.75) is 25.9 Å². The smallest absolute Gasteiger partial charge is 0.402 e. The summed E-state index contributed by atoms with van der Waals surface area (Å²) in [4.78, 5) is 0. The van der Waals surface area contributed by atoms with Gasteiger partial charge in [0.25, 0.3) is 0 Å². The SMILES string of the molecule is CCCC(OB(O)O)c1ccc(Cl)c(Cl)c1Cl. The van der Waals surface area contributed by atoms with E-state index in [1.54, 1.807) is 12.1 Å². The Kier molecular flexibility index (Phi) is 6.07. The fraction of sp³-hybridized carbons (Fsp3) is 0.400. The molecular weight excluding hydrogens is 285 g/mol. The summed E-state index contributed by atoms with van der Waals surface area (Å²) in [5.41, 5.74) is 0.594. The molecule has 0 saturated heterocycles. The molecule has 1 unspecified atom stereocenters. The summed E-state index contributed by atoms with van der Waals surface area (Å²) in [7, 11) is -1.85. The normalized spacial score (nSPS) is 12.6. The van der Waals surface area contributed by atoms with Gasteiger partial charge in [0.1, 0.15) is 0 Å². The van der Waals surface area contributed by atoms with Crippen molar-refractivity contribution in [3.8, 4) is 0 Å². The quantitative estimate of drug-likeness (QED) is 0.646. The Morgan fingerprint density at radius 3 is 2.41 bits per heavy atom. The van der Waals surface area contributed by atoms with E-state index >= 15 is 0 Å². The van der Waals surface area contributed by atoms with Gasteiger partial charge in [0.2, 0.25) is 0 Å². The minimum atomic E-state index is -1.85. The van der Waals surface area contributed by atoms with E-state index in [1.165, 1.54) is 0 Å². The molecule has 7 heteroatoms. The van der Waals surface area contributed by atoms with Crippen LogP contribution in [0.25, 0.3) is 0 Å². The third kappa shape index (κ3) is 4.02. The topological polar surface area (TPSA) is 49.7 Å². The Bertz CT molecular complexity index is 387. The molecule has 94 valence electrons. The summed E-state index contributed by atoms with van der Waals surface area (Å²) >= 11 is 17.8. The predicted molar refractivity (Wildman–Crippen MR) is 70.4 cm³/mol. The van der Waals surface area contributed by atoms with E-state index in [2.05, 4.69) is 0 Å². The lowest BCUT2D eigenvalue weighted by molar-refractivity contribution is 0.111. The summed E-state index contributed by atoms with van der Waals surface area (Å²) in [6.07, 6.45) is 0.866. The van der Waals surface area contributed by atoms with Crippen LogP contribution in [0.3, 0.4) is 0 Å². The standard InChI is InChI=1S/C10H12BCl3O3/c1-2-3-8(17-11(15)16)6-4-5-7(12)10(14)9(6)13/h4-5,8,15-16H,2-3H2,1H3. The highest BCUT2D eigenvalue weighted by Gasteiger charge is 2.22. The highest BCUT2D eigenvalue weighted by atomic mass is 35.5. The summed E-state index contributed by atoms with van der Waals surface area (Å²) in [6.45, 7) is 1.95. The minimum Gasteiger partial charge on any atom is -0.402 e. The molecular formula is C10H12BCl3O3.